The van der Waals surface area contributed by atoms with Crippen molar-refractivity contribution in [2.45, 2.75) is 18.2 Å². The maximum atomic E-state index is 13.4. The fraction of sp³-hybridized carbons (Fsp3) is 0.231. The van der Waals surface area contributed by atoms with Crippen molar-refractivity contribution in [1.29, 1.82) is 0 Å². The third-order valence-electron chi connectivity index (χ3n) is 2.56. The highest BCUT2D eigenvalue weighted by Gasteiger charge is 2.09. The summed E-state index contributed by atoms with van der Waals surface area (Å²) >= 11 is 1.17. The van der Waals surface area contributed by atoms with Gasteiger partial charge in [-0.25, -0.2) is 4.39 Å². The molecule has 1 heterocycles. The standard InChI is InChI=1S/C13H14FN3OS/c1-2-9-7-15-17-13(9)16-12(18)8-19-11-6-4-3-5-10(11)14/h3-7H,2,8H2,1H3,(H2,15,16,17,18). The normalized spacial score (nSPS) is 10.4. The van der Waals surface area contributed by atoms with Crippen LogP contribution in [0.4, 0.5) is 10.2 Å². The van der Waals surface area contributed by atoms with Crippen molar-refractivity contribution in [2.24, 2.45) is 0 Å². The first kappa shape index (κ1) is 13.6. The van der Waals surface area contributed by atoms with Crippen molar-refractivity contribution in [2.75, 3.05) is 11.1 Å². The lowest BCUT2D eigenvalue weighted by atomic mass is 10.2. The number of carbonyl (C=O) groups is 1. The Kier molecular flexibility index (Phi) is 4.57. The third-order valence-corrected chi connectivity index (χ3v) is 3.61. The minimum atomic E-state index is -0.309. The number of hydrogen-bond donors (Lipinski definition) is 2. The summed E-state index contributed by atoms with van der Waals surface area (Å²) < 4.78 is 13.4. The zero-order chi connectivity index (χ0) is 13.7. The second-order valence-electron chi connectivity index (χ2n) is 3.89. The summed E-state index contributed by atoms with van der Waals surface area (Å²) in [5.41, 5.74) is 0.948. The van der Waals surface area contributed by atoms with Crippen LogP contribution in [0, 0.1) is 5.82 Å². The number of anilines is 1. The molecule has 1 aromatic heterocycles. The predicted octanol–water partition coefficient (Wildman–Crippen LogP) is 2.84. The average Bonchev–Trinajstić information content (AvgIpc) is 2.85. The molecule has 0 aliphatic rings. The topological polar surface area (TPSA) is 57.8 Å². The molecule has 0 spiro atoms. The molecule has 0 aliphatic carbocycles. The molecule has 0 unspecified atom stereocenters. The molecule has 6 heteroatoms. The number of aromatic nitrogens is 2. The summed E-state index contributed by atoms with van der Waals surface area (Å²) in [6.45, 7) is 1.98. The minimum absolute atomic E-state index is 0.156. The summed E-state index contributed by atoms with van der Waals surface area (Å²) in [7, 11) is 0. The number of thioether (sulfide) groups is 1. The Hall–Kier alpha value is -1.82. The van der Waals surface area contributed by atoms with E-state index in [2.05, 4.69) is 15.5 Å². The zero-order valence-corrected chi connectivity index (χ0v) is 11.3. The summed E-state index contributed by atoms with van der Waals surface area (Å²) in [5, 5.41) is 9.33. The molecule has 0 saturated carbocycles. The van der Waals surface area contributed by atoms with E-state index in [0.29, 0.717) is 10.7 Å². The number of nitrogens with zero attached hydrogens (tertiary/aromatic N) is 1. The number of aryl methyl sites for hydroxylation is 1. The van der Waals surface area contributed by atoms with Crippen LogP contribution >= 0.6 is 11.8 Å². The van der Waals surface area contributed by atoms with Gasteiger partial charge in [0.05, 0.1) is 11.9 Å². The van der Waals surface area contributed by atoms with E-state index in [1.165, 1.54) is 17.8 Å². The van der Waals surface area contributed by atoms with E-state index in [0.717, 1.165) is 12.0 Å². The molecular formula is C13H14FN3OS. The second kappa shape index (κ2) is 6.38. The lowest BCUT2D eigenvalue weighted by Crippen LogP contribution is -2.15. The fourth-order valence-electron chi connectivity index (χ4n) is 1.57. The molecule has 1 amide bonds. The van der Waals surface area contributed by atoms with Crippen LogP contribution in [0.3, 0.4) is 0 Å². The summed E-state index contributed by atoms with van der Waals surface area (Å²) in [6, 6.07) is 6.40. The molecule has 19 heavy (non-hydrogen) atoms. The summed E-state index contributed by atoms with van der Waals surface area (Å²) in [4.78, 5) is 12.2. The van der Waals surface area contributed by atoms with Crippen LogP contribution in [0.25, 0.3) is 0 Å². The Morgan fingerprint density at radius 3 is 3.00 bits per heavy atom. The van der Waals surface area contributed by atoms with Gasteiger partial charge in [0.2, 0.25) is 5.91 Å². The molecule has 0 aliphatic heterocycles. The number of hydrogen-bond acceptors (Lipinski definition) is 3. The number of benzene rings is 1. The molecule has 2 aromatic rings. The van der Waals surface area contributed by atoms with Crippen molar-refractivity contribution in [3.8, 4) is 0 Å². The van der Waals surface area contributed by atoms with Gasteiger partial charge in [-0.2, -0.15) is 5.10 Å². The van der Waals surface area contributed by atoms with Gasteiger partial charge < -0.3 is 5.32 Å². The lowest BCUT2D eigenvalue weighted by Gasteiger charge is -2.05. The summed E-state index contributed by atoms with van der Waals surface area (Å²) in [6.07, 6.45) is 2.46. The van der Waals surface area contributed by atoms with Gasteiger partial charge in [0.1, 0.15) is 11.6 Å². The first-order valence-corrected chi connectivity index (χ1v) is 6.88. The van der Waals surface area contributed by atoms with Gasteiger partial charge in [-0.05, 0) is 18.6 Å². The largest absolute Gasteiger partial charge is 0.310 e. The van der Waals surface area contributed by atoms with Crippen LogP contribution in [-0.4, -0.2) is 21.9 Å². The maximum absolute atomic E-state index is 13.4. The van der Waals surface area contributed by atoms with Gasteiger partial charge >= 0.3 is 0 Å². The Morgan fingerprint density at radius 2 is 2.26 bits per heavy atom. The number of rotatable bonds is 5. The van der Waals surface area contributed by atoms with Crippen molar-refractivity contribution in [3.63, 3.8) is 0 Å². The number of H-pyrrole nitrogens is 1. The highest BCUT2D eigenvalue weighted by Crippen LogP contribution is 2.21. The van der Waals surface area contributed by atoms with Gasteiger partial charge in [-0.3, -0.25) is 9.89 Å². The Morgan fingerprint density at radius 1 is 1.47 bits per heavy atom. The Bertz CT molecular complexity index is 571. The molecule has 0 atom stereocenters. The van der Waals surface area contributed by atoms with Gasteiger partial charge in [-0.15, -0.1) is 11.8 Å². The molecule has 0 saturated heterocycles. The number of halogens is 1. The zero-order valence-electron chi connectivity index (χ0n) is 10.4. The van der Waals surface area contributed by atoms with E-state index in [1.807, 2.05) is 6.92 Å². The third kappa shape index (κ3) is 3.57. The smallest absolute Gasteiger partial charge is 0.235 e. The minimum Gasteiger partial charge on any atom is -0.310 e. The van der Waals surface area contributed by atoms with Gasteiger partial charge in [0, 0.05) is 10.5 Å². The van der Waals surface area contributed by atoms with Gasteiger partial charge in [0.25, 0.3) is 0 Å². The van der Waals surface area contributed by atoms with E-state index < -0.39 is 0 Å². The highest BCUT2D eigenvalue weighted by atomic mass is 32.2. The van der Waals surface area contributed by atoms with Crippen molar-refractivity contribution in [3.05, 3.63) is 41.8 Å². The van der Waals surface area contributed by atoms with Gasteiger partial charge in [0.15, 0.2) is 0 Å². The molecule has 100 valence electrons. The van der Waals surface area contributed by atoms with Crippen LogP contribution in [-0.2, 0) is 11.2 Å². The molecule has 0 bridgehead atoms. The highest BCUT2D eigenvalue weighted by molar-refractivity contribution is 8.00. The maximum Gasteiger partial charge on any atom is 0.235 e. The van der Waals surface area contributed by atoms with E-state index in [9.17, 15) is 9.18 Å². The number of nitrogens with one attached hydrogen (secondary N) is 2. The van der Waals surface area contributed by atoms with Crippen molar-refractivity contribution >= 4 is 23.5 Å². The average molecular weight is 279 g/mol. The van der Waals surface area contributed by atoms with Crippen LogP contribution in [0.2, 0.25) is 0 Å². The second-order valence-corrected chi connectivity index (χ2v) is 4.91. The van der Waals surface area contributed by atoms with Crippen molar-refractivity contribution in [1.82, 2.24) is 10.2 Å². The van der Waals surface area contributed by atoms with Crippen LogP contribution in [0.5, 0.6) is 0 Å². The Balaban J connectivity index is 1.90. The SMILES string of the molecule is CCc1cn[nH]c1NC(=O)CSc1ccccc1F. The monoisotopic (exact) mass is 279 g/mol. The van der Waals surface area contributed by atoms with E-state index in [1.54, 1.807) is 24.4 Å². The van der Waals surface area contributed by atoms with Crippen molar-refractivity contribution < 1.29 is 9.18 Å². The molecule has 2 N–H and O–H groups in total. The van der Waals surface area contributed by atoms with E-state index in [-0.39, 0.29) is 17.5 Å². The molecule has 4 nitrogen and oxygen atoms in total. The molecule has 0 radical (unpaired) electrons. The van der Waals surface area contributed by atoms with E-state index >= 15 is 0 Å². The fourth-order valence-corrected chi connectivity index (χ4v) is 2.31. The number of aromatic amines is 1. The lowest BCUT2D eigenvalue weighted by molar-refractivity contribution is -0.113. The first-order chi connectivity index (χ1) is 9.20. The quantitative estimate of drug-likeness (QED) is 0.827. The predicted molar refractivity (Wildman–Crippen MR) is 73.7 cm³/mol. The van der Waals surface area contributed by atoms with Gasteiger partial charge in [-0.1, -0.05) is 19.1 Å². The molecular weight excluding hydrogens is 265 g/mol. The van der Waals surface area contributed by atoms with E-state index in [4.69, 9.17) is 0 Å². The number of amides is 1. The number of carbonyl (C=O) groups excluding carboxylic acids is 1. The first-order valence-electron chi connectivity index (χ1n) is 5.90. The molecule has 2 rings (SSSR count). The molecule has 1 aromatic carbocycles. The van der Waals surface area contributed by atoms with Crippen LogP contribution in [0.15, 0.2) is 35.4 Å². The van der Waals surface area contributed by atoms with Crippen LogP contribution < -0.4 is 5.32 Å². The van der Waals surface area contributed by atoms with Crippen LogP contribution in [0.1, 0.15) is 12.5 Å². The molecule has 0 fully saturated rings. The summed E-state index contributed by atoms with van der Waals surface area (Å²) in [5.74, 6) is 0.272. The Labute approximate surface area is 114 Å².